The molecular formula is C22H18Cl2F6N2O. The van der Waals surface area contributed by atoms with Gasteiger partial charge in [-0.05, 0) is 36.5 Å². The van der Waals surface area contributed by atoms with Crippen molar-refractivity contribution >= 4 is 29.1 Å². The summed E-state index contributed by atoms with van der Waals surface area (Å²) in [6, 6.07) is 9.07. The van der Waals surface area contributed by atoms with Gasteiger partial charge in [-0.3, -0.25) is 9.69 Å². The molecule has 2 bridgehead atoms. The highest BCUT2D eigenvalue weighted by atomic mass is 35.5. The van der Waals surface area contributed by atoms with E-state index in [1.807, 2.05) is 0 Å². The number of benzene rings is 2. The van der Waals surface area contributed by atoms with Crippen LogP contribution < -0.4 is 5.32 Å². The molecule has 2 heterocycles. The molecule has 2 saturated heterocycles. The lowest BCUT2D eigenvalue weighted by molar-refractivity contribution is -0.156. The number of hydrogen-bond donors (Lipinski definition) is 1. The van der Waals surface area contributed by atoms with Crippen LogP contribution >= 0.6 is 23.2 Å². The van der Waals surface area contributed by atoms with Gasteiger partial charge in [0.25, 0.3) is 5.91 Å². The quantitative estimate of drug-likeness (QED) is 0.465. The fourth-order valence-corrected chi connectivity index (χ4v) is 5.68. The Morgan fingerprint density at radius 3 is 2.27 bits per heavy atom. The van der Waals surface area contributed by atoms with Crippen molar-refractivity contribution in [2.24, 2.45) is 5.92 Å². The topological polar surface area (TPSA) is 32.3 Å². The van der Waals surface area contributed by atoms with Crippen LogP contribution in [0.15, 0.2) is 42.5 Å². The molecule has 3 aliphatic rings. The summed E-state index contributed by atoms with van der Waals surface area (Å²) in [6.45, 7) is -0.919. The lowest BCUT2D eigenvalue weighted by Crippen LogP contribution is -2.57. The predicted molar refractivity (Wildman–Crippen MR) is 111 cm³/mol. The van der Waals surface area contributed by atoms with Gasteiger partial charge in [0.2, 0.25) is 0 Å². The van der Waals surface area contributed by atoms with Crippen molar-refractivity contribution in [2.45, 2.75) is 36.8 Å². The average molecular weight is 511 g/mol. The van der Waals surface area contributed by atoms with Gasteiger partial charge < -0.3 is 5.32 Å². The van der Waals surface area contributed by atoms with Crippen LogP contribution in [0.25, 0.3) is 0 Å². The standard InChI is InChI=1S/C22H18Cl2F6N2O/c23-15-7-6-14(22(28,29)30)17(24)16(15)19(33)31-18(13-4-2-1-3-5-13)20-8-12(9-20)10-32(20)11-21(25,26)27/h1-7,12,18H,8-11H2,(H,31,33). The highest BCUT2D eigenvalue weighted by Crippen LogP contribution is 2.57. The van der Waals surface area contributed by atoms with E-state index < -0.39 is 52.5 Å². The first-order valence-corrected chi connectivity index (χ1v) is 10.8. The van der Waals surface area contributed by atoms with Crippen LogP contribution in [0.4, 0.5) is 26.3 Å². The molecule has 2 aliphatic heterocycles. The minimum absolute atomic E-state index is 0.0520. The molecule has 1 saturated carbocycles. The third-order valence-corrected chi connectivity index (χ3v) is 7.04. The van der Waals surface area contributed by atoms with Crippen molar-refractivity contribution in [3.63, 3.8) is 0 Å². The number of carbonyl (C=O) groups excluding carboxylic acids is 1. The van der Waals surface area contributed by atoms with Crippen molar-refractivity contribution in [2.75, 3.05) is 13.1 Å². The normalized spacial score (nSPS) is 23.8. The molecule has 11 heteroatoms. The molecule has 1 unspecified atom stereocenters. The lowest BCUT2D eigenvalue weighted by atomic mass is 9.67. The number of alkyl halides is 6. The Hall–Kier alpha value is -1.97. The lowest BCUT2D eigenvalue weighted by Gasteiger charge is -2.48. The summed E-state index contributed by atoms with van der Waals surface area (Å²) in [5.41, 5.74) is -2.27. The number of fused-ring (bicyclic) bond motifs is 1. The van der Waals surface area contributed by atoms with E-state index in [-0.39, 0.29) is 17.5 Å². The fourth-order valence-electron chi connectivity index (χ4n) is 5.03. The van der Waals surface area contributed by atoms with E-state index in [1.54, 1.807) is 30.3 Å². The van der Waals surface area contributed by atoms with Gasteiger partial charge in [0.05, 0.1) is 33.8 Å². The molecule has 0 spiro atoms. The summed E-state index contributed by atoms with van der Waals surface area (Å²) >= 11 is 11.9. The maximum atomic E-state index is 13.3. The van der Waals surface area contributed by atoms with E-state index in [1.165, 1.54) is 4.90 Å². The monoisotopic (exact) mass is 510 g/mol. The van der Waals surface area contributed by atoms with Gasteiger partial charge in [-0.1, -0.05) is 53.5 Å². The van der Waals surface area contributed by atoms with Crippen LogP contribution in [0, 0.1) is 5.92 Å². The zero-order valence-corrected chi connectivity index (χ0v) is 18.4. The smallest absolute Gasteiger partial charge is 0.343 e. The number of nitrogens with zero attached hydrogens (tertiary/aromatic N) is 1. The van der Waals surface area contributed by atoms with Crippen LogP contribution in [0.3, 0.4) is 0 Å². The average Bonchev–Trinajstić information content (AvgIpc) is 3.18. The summed E-state index contributed by atoms with van der Waals surface area (Å²) in [5, 5.41) is 1.51. The van der Waals surface area contributed by atoms with Gasteiger partial charge in [-0.2, -0.15) is 26.3 Å². The molecule has 0 radical (unpaired) electrons. The third-order valence-electron chi connectivity index (χ3n) is 6.33. The summed E-state index contributed by atoms with van der Waals surface area (Å²) in [6.07, 6.45) is -8.41. The fraction of sp³-hybridized carbons (Fsp3) is 0.409. The molecule has 33 heavy (non-hydrogen) atoms. The van der Waals surface area contributed by atoms with E-state index in [0.29, 0.717) is 24.5 Å². The van der Waals surface area contributed by atoms with Gasteiger partial charge in [0, 0.05) is 12.1 Å². The van der Waals surface area contributed by atoms with Crippen LogP contribution in [-0.4, -0.2) is 35.6 Å². The molecule has 1 amide bonds. The number of halogens is 8. The van der Waals surface area contributed by atoms with Crippen molar-refractivity contribution in [1.82, 2.24) is 10.2 Å². The number of amides is 1. The molecule has 1 N–H and O–H groups in total. The molecule has 2 aromatic rings. The Kier molecular flexibility index (Phi) is 6.12. The van der Waals surface area contributed by atoms with Gasteiger partial charge >= 0.3 is 12.4 Å². The summed E-state index contributed by atoms with van der Waals surface area (Å²) < 4.78 is 79.7. The van der Waals surface area contributed by atoms with Crippen molar-refractivity contribution in [3.05, 3.63) is 69.2 Å². The Labute approximate surface area is 195 Å². The van der Waals surface area contributed by atoms with E-state index >= 15 is 0 Å². The Morgan fingerprint density at radius 1 is 1.06 bits per heavy atom. The molecule has 0 aromatic heterocycles. The molecule has 3 fully saturated rings. The molecule has 3 nitrogen and oxygen atoms in total. The van der Waals surface area contributed by atoms with E-state index in [0.717, 1.165) is 6.07 Å². The molecule has 5 rings (SSSR count). The number of hydrogen-bond acceptors (Lipinski definition) is 2. The zero-order valence-electron chi connectivity index (χ0n) is 16.9. The molecule has 1 aliphatic carbocycles. The maximum Gasteiger partial charge on any atom is 0.417 e. The van der Waals surface area contributed by atoms with Crippen molar-refractivity contribution in [3.8, 4) is 0 Å². The Balaban J connectivity index is 1.72. The largest absolute Gasteiger partial charge is 0.417 e. The van der Waals surface area contributed by atoms with Crippen LogP contribution in [0.2, 0.25) is 10.0 Å². The maximum absolute atomic E-state index is 13.3. The second kappa shape index (κ2) is 8.36. The van der Waals surface area contributed by atoms with E-state index in [9.17, 15) is 31.1 Å². The second-order valence-corrected chi connectivity index (χ2v) is 9.26. The number of rotatable bonds is 5. The highest BCUT2D eigenvalue weighted by Gasteiger charge is 2.62. The summed E-state index contributed by atoms with van der Waals surface area (Å²) in [7, 11) is 0. The van der Waals surface area contributed by atoms with Crippen molar-refractivity contribution < 1.29 is 31.1 Å². The van der Waals surface area contributed by atoms with Crippen LogP contribution in [0.1, 0.15) is 40.4 Å². The SMILES string of the molecule is O=C(NC(c1ccccc1)C12CC(CN1CC(F)(F)F)C2)c1c(Cl)ccc(C(F)(F)F)c1Cl. The molecule has 2 aromatic carbocycles. The van der Waals surface area contributed by atoms with Gasteiger partial charge in [0.1, 0.15) is 0 Å². The third kappa shape index (κ3) is 4.55. The van der Waals surface area contributed by atoms with Crippen LogP contribution in [-0.2, 0) is 6.18 Å². The van der Waals surface area contributed by atoms with Crippen molar-refractivity contribution in [1.29, 1.82) is 0 Å². The number of nitrogens with one attached hydrogen (secondary N) is 1. The first kappa shape index (κ1) is 24.2. The summed E-state index contributed by atoms with van der Waals surface area (Å²) in [4.78, 5) is 14.5. The van der Waals surface area contributed by atoms with Crippen LogP contribution in [0.5, 0.6) is 0 Å². The first-order chi connectivity index (χ1) is 15.3. The second-order valence-electron chi connectivity index (χ2n) is 8.47. The summed E-state index contributed by atoms with van der Waals surface area (Å²) in [5.74, 6) is -0.933. The molecule has 1 atom stereocenters. The zero-order chi connectivity index (χ0) is 24.2. The van der Waals surface area contributed by atoms with E-state index in [2.05, 4.69) is 5.32 Å². The van der Waals surface area contributed by atoms with Gasteiger partial charge in [-0.15, -0.1) is 0 Å². The number of carbonyl (C=O) groups is 1. The minimum atomic E-state index is -4.82. The Morgan fingerprint density at radius 2 is 1.70 bits per heavy atom. The predicted octanol–water partition coefficient (Wildman–Crippen LogP) is 6.51. The van der Waals surface area contributed by atoms with Gasteiger partial charge in [0.15, 0.2) is 0 Å². The Bertz CT molecular complexity index is 1050. The van der Waals surface area contributed by atoms with Gasteiger partial charge in [-0.25, -0.2) is 0 Å². The molecule has 178 valence electrons. The highest BCUT2D eigenvalue weighted by molar-refractivity contribution is 6.40. The minimum Gasteiger partial charge on any atom is -0.343 e. The first-order valence-electron chi connectivity index (χ1n) is 10.0. The van der Waals surface area contributed by atoms with E-state index in [4.69, 9.17) is 23.2 Å². The molecular weight excluding hydrogens is 493 g/mol.